The van der Waals surface area contributed by atoms with Crippen LogP contribution in [0, 0.1) is 0 Å². The van der Waals surface area contributed by atoms with Gasteiger partial charge in [0.1, 0.15) is 23.0 Å². The van der Waals surface area contributed by atoms with E-state index in [1.54, 1.807) is 36.4 Å². The van der Waals surface area contributed by atoms with E-state index in [1.165, 1.54) is 35.8 Å². The van der Waals surface area contributed by atoms with Crippen molar-refractivity contribution in [3.8, 4) is 23.0 Å². The number of hydrogen-bond acceptors (Lipinski definition) is 12. The molecule has 0 spiro atoms. The van der Waals surface area contributed by atoms with Crippen molar-refractivity contribution in [2.45, 2.75) is 9.79 Å². The summed E-state index contributed by atoms with van der Waals surface area (Å²) in [4.78, 5) is 40.1. The molecular weight excluding hydrogens is 604 g/mol. The Morgan fingerprint density at radius 3 is 1.41 bits per heavy atom. The molecule has 0 bridgehead atoms. The number of hydrogen-bond donors (Lipinski definition) is 4. The van der Waals surface area contributed by atoms with Gasteiger partial charge in [0, 0.05) is 12.1 Å². The van der Waals surface area contributed by atoms with E-state index in [2.05, 4.69) is 19.9 Å². The summed E-state index contributed by atoms with van der Waals surface area (Å²) in [5.74, 6) is 0.691. The number of esters is 2. The summed E-state index contributed by atoms with van der Waals surface area (Å²) in [5.41, 5.74) is 15.7. The predicted molar refractivity (Wildman–Crippen MR) is 168 cm³/mol. The van der Waals surface area contributed by atoms with Gasteiger partial charge in [-0.3, -0.25) is 0 Å². The summed E-state index contributed by atoms with van der Waals surface area (Å²) < 4.78 is 22.1. The molecule has 0 saturated carbocycles. The minimum Gasteiger partial charge on any atom is -0.463 e. The molecule has 6 aromatic rings. The second-order valence-corrected chi connectivity index (χ2v) is 11.3. The predicted octanol–water partition coefficient (Wildman–Crippen LogP) is 6.56. The molecule has 0 aliphatic carbocycles. The molecule has 0 aliphatic rings. The van der Waals surface area contributed by atoms with E-state index >= 15 is 0 Å². The van der Waals surface area contributed by atoms with Crippen LogP contribution in [0.15, 0.2) is 82.6 Å². The molecule has 0 radical (unpaired) electrons. The number of carbonyl (C=O) groups is 2. The van der Waals surface area contributed by atoms with Crippen LogP contribution in [0.5, 0.6) is 23.0 Å². The lowest BCUT2D eigenvalue weighted by atomic mass is 10.2. The summed E-state index contributed by atoms with van der Waals surface area (Å²) >= 11 is 0. The molecule has 2 aromatic heterocycles. The van der Waals surface area contributed by atoms with Crippen LogP contribution in [0.4, 0.5) is 11.4 Å². The highest BCUT2D eigenvalue weighted by molar-refractivity contribution is 8.76. The molecule has 44 heavy (non-hydrogen) atoms. The van der Waals surface area contributed by atoms with Crippen molar-refractivity contribution in [3.63, 3.8) is 0 Å². The Morgan fingerprint density at radius 2 is 1.05 bits per heavy atom. The van der Waals surface area contributed by atoms with Crippen molar-refractivity contribution < 1.29 is 28.5 Å². The van der Waals surface area contributed by atoms with Crippen LogP contribution in [0.25, 0.3) is 22.1 Å². The molecule has 12 nitrogen and oxygen atoms in total. The van der Waals surface area contributed by atoms with Gasteiger partial charge in [-0.25, -0.2) is 19.6 Å². The van der Waals surface area contributed by atoms with Gasteiger partial charge >= 0.3 is 11.9 Å². The number of imidazole rings is 2. The number of nitrogens with two attached hydrogens (primary N) is 2. The minimum atomic E-state index is -0.635. The number of rotatable bonds is 9. The van der Waals surface area contributed by atoms with E-state index in [-0.39, 0.29) is 11.6 Å². The molecule has 2 heterocycles. The number of para-hydroxylation sites is 2. The van der Waals surface area contributed by atoms with Crippen LogP contribution in [-0.2, 0) is 9.47 Å². The Kier molecular flexibility index (Phi) is 7.91. The fourth-order valence-electron chi connectivity index (χ4n) is 4.29. The first-order valence-corrected chi connectivity index (χ1v) is 15.1. The normalized spacial score (nSPS) is 11.0. The molecule has 0 unspecified atom stereocenters. The van der Waals surface area contributed by atoms with Crippen LogP contribution in [-0.4, -0.2) is 46.1 Å². The van der Waals surface area contributed by atoms with Crippen molar-refractivity contribution in [2.75, 3.05) is 25.7 Å². The van der Waals surface area contributed by atoms with Crippen LogP contribution >= 0.6 is 21.6 Å². The Balaban J connectivity index is 1.45. The summed E-state index contributed by atoms with van der Waals surface area (Å²) in [6.45, 7) is 0. The fourth-order valence-corrected chi connectivity index (χ4v) is 6.74. The van der Waals surface area contributed by atoms with Gasteiger partial charge in [-0.1, -0.05) is 36.4 Å². The summed E-state index contributed by atoms with van der Waals surface area (Å²) in [6, 6.07) is 21.7. The van der Waals surface area contributed by atoms with Crippen molar-refractivity contribution >= 4 is 67.0 Å². The largest absolute Gasteiger partial charge is 0.463 e. The number of nitrogen functional groups attached to an aromatic ring is 2. The molecule has 0 aliphatic heterocycles. The molecule has 6 N–H and O–H groups in total. The average molecular weight is 629 g/mol. The molecule has 14 heteroatoms. The quantitative estimate of drug-likeness (QED) is 0.0770. The molecular formula is C30H24N6O6S2. The third-order valence-electron chi connectivity index (χ3n) is 6.38. The summed E-state index contributed by atoms with van der Waals surface area (Å²) in [5, 5.41) is 0. The number of aromatic nitrogens is 4. The monoisotopic (exact) mass is 628 g/mol. The first kappa shape index (κ1) is 28.8. The zero-order valence-electron chi connectivity index (χ0n) is 23.2. The van der Waals surface area contributed by atoms with Crippen molar-refractivity contribution in [3.05, 3.63) is 84.4 Å². The van der Waals surface area contributed by atoms with E-state index < -0.39 is 11.9 Å². The Hall–Kier alpha value is -5.34. The topological polar surface area (TPSA) is 180 Å². The second-order valence-electron chi connectivity index (χ2n) is 9.17. The van der Waals surface area contributed by atoms with Gasteiger partial charge in [-0.15, -0.1) is 0 Å². The number of carbonyl (C=O) groups excluding carboxylic acids is 2. The lowest BCUT2D eigenvalue weighted by Crippen LogP contribution is -2.03. The Bertz CT molecular complexity index is 1870. The summed E-state index contributed by atoms with van der Waals surface area (Å²) in [6.07, 6.45) is 0. The van der Waals surface area contributed by atoms with Crippen molar-refractivity contribution in [2.24, 2.45) is 0 Å². The first-order valence-electron chi connectivity index (χ1n) is 13.0. The third-order valence-corrected chi connectivity index (χ3v) is 8.89. The Labute approximate surface area is 257 Å². The van der Waals surface area contributed by atoms with Gasteiger partial charge in [0.05, 0.1) is 57.5 Å². The van der Waals surface area contributed by atoms with Gasteiger partial charge < -0.3 is 40.4 Å². The van der Waals surface area contributed by atoms with E-state index in [9.17, 15) is 9.59 Å². The summed E-state index contributed by atoms with van der Waals surface area (Å²) in [7, 11) is 5.07. The zero-order valence-corrected chi connectivity index (χ0v) is 24.9. The lowest BCUT2D eigenvalue weighted by molar-refractivity contribution is 0.0580. The fraction of sp³-hybridized carbons (Fsp3) is 0.0667. The molecule has 0 atom stereocenters. The van der Waals surface area contributed by atoms with Crippen LogP contribution in [0.3, 0.4) is 0 Å². The van der Waals surface area contributed by atoms with E-state index in [1.807, 2.05) is 36.4 Å². The molecule has 4 aromatic carbocycles. The van der Waals surface area contributed by atoms with Crippen molar-refractivity contribution in [1.82, 2.24) is 19.9 Å². The number of nitrogens with zero attached hydrogens (tertiary/aromatic N) is 2. The number of methoxy groups -OCH3 is 2. The maximum Gasteiger partial charge on any atom is 0.374 e. The van der Waals surface area contributed by atoms with Crippen molar-refractivity contribution in [1.29, 1.82) is 0 Å². The number of anilines is 2. The van der Waals surface area contributed by atoms with E-state index in [0.717, 1.165) is 0 Å². The number of aromatic amines is 2. The molecule has 0 saturated heterocycles. The van der Waals surface area contributed by atoms with Gasteiger partial charge in [-0.05, 0) is 45.9 Å². The Morgan fingerprint density at radius 1 is 0.659 bits per heavy atom. The number of benzene rings is 4. The zero-order chi connectivity index (χ0) is 30.8. The van der Waals surface area contributed by atoms with Gasteiger partial charge in [0.2, 0.25) is 11.6 Å². The smallest absolute Gasteiger partial charge is 0.374 e. The van der Waals surface area contributed by atoms with E-state index in [4.69, 9.17) is 30.4 Å². The highest BCUT2D eigenvalue weighted by Gasteiger charge is 2.24. The van der Waals surface area contributed by atoms with Gasteiger partial charge in [0.15, 0.2) is 0 Å². The first-order chi connectivity index (χ1) is 21.4. The highest BCUT2D eigenvalue weighted by atomic mass is 33.1. The average Bonchev–Trinajstić information content (AvgIpc) is 3.67. The number of fused-ring (bicyclic) bond motifs is 2. The number of ether oxygens (including phenoxy) is 4. The van der Waals surface area contributed by atoms with E-state index in [0.29, 0.717) is 66.2 Å². The second kappa shape index (κ2) is 12.1. The van der Waals surface area contributed by atoms with Gasteiger partial charge in [0.25, 0.3) is 0 Å². The minimum absolute atomic E-state index is 0.00330. The molecule has 6 rings (SSSR count). The van der Waals surface area contributed by atoms with Crippen LogP contribution < -0.4 is 20.9 Å². The third kappa shape index (κ3) is 5.55. The molecule has 0 fully saturated rings. The lowest BCUT2D eigenvalue weighted by Gasteiger charge is -2.16. The molecule has 222 valence electrons. The van der Waals surface area contributed by atoms with Crippen LogP contribution in [0.1, 0.15) is 21.2 Å². The SMILES string of the molecule is COC(=O)c1nc2cc(Oc3ccccc3)c(SSc3c(Oc4ccccc4)cc4nc(C(=O)OC)[nH]c4c3N)c(N)c2[nH]1. The molecule has 0 amide bonds. The van der Waals surface area contributed by atoms with Crippen LogP contribution in [0.2, 0.25) is 0 Å². The standard InChI is InChI=1S/C30H24N6O6S2/c1-39-29(37)27-33-17-13-19(41-15-9-5-3-6-10-15)25(21(31)23(17)35-27)43-44-26-20(42-16-11-7-4-8-12-16)14-18-24(22(26)32)36-28(34-18)30(38)40-2/h3-14H,31-32H2,1-2H3,(H,33,35)(H,34,36). The maximum absolute atomic E-state index is 12.2. The highest BCUT2D eigenvalue weighted by Crippen LogP contribution is 2.53. The number of nitrogens with one attached hydrogen (secondary N) is 2. The maximum atomic E-state index is 12.2. The van der Waals surface area contributed by atoms with Gasteiger partial charge in [-0.2, -0.15) is 0 Å². The number of H-pyrrole nitrogens is 2.